The van der Waals surface area contributed by atoms with E-state index in [4.69, 9.17) is 4.18 Å². The molecule has 0 amide bonds. The van der Waals surface area contributed by atoms with Crippen LogP contribution >= 0.6 is 0 Å². The van der Waals surface area contributed by atoms with Crippen LogP contribution in [0, 0.1) is 6.92 Å². The Balaban J connectivity index is 2.10. The minimum absolute atomic E-state index is 0.0835. The summed E-state index contributed by atoms with van der Waals surface area (Å²) < 4.78 is 58.3. The third kappa shape index (κ3) is 5.76. The van der Waals surface area contributed by atoms with Gasteiger partial charge in [-0.05, 0) is 30.2 Å². The van der Waals surface area contributed by atoms with Crippen LogP contribution < -0.4 is 4.72 Å². The van der Waals surface area contributed by atoms with Gasteiger partial charge in [-0.3, -0.25) is 4.18 Å². The molecule has 0 unspecified atom stereocenters. The zero-order valence-electron chi connectivity index (χ0n) is 16.6. The molecule has 2 atom stereocenters. The van der Waals surface area contributed by atoms with Crippen LogP contribution in [0.1, 0.15) is 28.8 Å². The lowest BCUT2D eigenvalue weighted by molar-refractivity contribution is 0.175. The van der Waals surface area contributed by atoms with Gasteiger partial charge in [0.15, 0.2) is 0 Å². The van der Waals surface area contributed by atoms with E-state index in [1.807, 2.05) is 6.92 Å². The first kappa shape index (κ1) is 22.2. The minimum atomic E-state index is -3.96. The molecular formula is C22H23NO5S2. The van der Waals surface area contributed by atoms with Gasteiger partial charge in [0.1, 0.15) is 6.10 Å². The summed E-state index contributed by atoms with van der Waals surface area (Å²) in [5.74, 6) is 0. The highest BCUT2D eigenvalue weighted by Crippen LogP contribution is 2.34. The van der Waals surface area contributed by atoms with Gasteiger partial charge < -0.3 is 0 Å². The number of rotatable bonds is 8. The zero-order valence-corrected chi connectivity index (χ0v) is 18.2. The molecule has 6 nitrogen and oxygen atoms in total. The smallest absolute Gasteiger partial charge is 0.260 e. The van der Waals surface area contributed by atoms with Crippen LogP contribution in [0.3, 0.4) is 0 Å². The molecule has 0 aliphatic heterocycles. The van der Waals surface area contributed by atoms with Crippen LogP contribution in [0.4, 0.5) is 0 Å². The number of hydrogen-bond donors (Lipinski definition) is 1. The van der Waals surface area contributed by atoms with E-state index >= 15 is 0 Å². The van der Waals surface area contributed by atoms with Gasteiger partial charge in [-0.2, -0.15) is 8.42 Å². The first-order valence-electron chi connectivity index (χ1n) is 9.23. The van der Waals surface area contributed by atoms with Gasteiger partial charge in [0.2, 0.25) is 10.0 Å². The van der Waals surface area contributed by atoms with Gasteiger partial charge in [0.25, 0.3) is 10.1 Å². The quantitative estimate of drug-likeness (QED) is 0.534. The third-order valence-electron chi connectivity index (χ3n) is 4.48. The summed E-state index contributed by atoms with van der Waals surface area (Å²) in [5.41, 5.74) is 2.03. The predicted octanol–water partition coefficient (Wildman–Crippen LogP) is 3.73. The second-order valence-electron chi connectivity index (χ2n) is 6.95. The molecule has 0 spiro atoms. The van der Waals surface area contributed by atoms with Gasteiger partial charge in [-0.1, -0.05) is 78.4 Å². The van der Waals surface area contributed by atoms with Gasteiger partial charge >= 0.3 is 0 Å². The maximum Gasteiger partial charge on any atom is 0.265 e. The van der Waals surface area contributed by atoms with E-state index in [-0.39, 0.29) is 4.90 Å². The number of nitrogens with one attached hydrogen (secondary N) is 1. The van der Waals surface area contributed by atoms with E-state index in [2.05, 4.69) is 4.72 Å². The van der Waals surface area contributed by atoms with E-state index in [0.717, 1.165) is 11.8 Å². The average molecular weight is 446 g/mol. The Morgan fingerprint density at radius 3 is 1.73 bits per heavy atom. The van der Waals surface area contributed by atoms with Gasteiger partial charge in [0.05, 0.1) is 17.2 Å². The molecule has 158 valence electrons. The van der Waals surface area contributed by atoms with E-state index in [1.54, 1.807) is 72.8 Å². The maximum absolute atomic E-state index is 13.1. The molecular weight excluding hydrogens is 422 g/mol. The molecule has 0 saturated carbocycles. The third-order valence-corrected chi connectivity index (χ3v) is 6.50. The second-order valence-corrected chi connectivity index (χ2v) is 10.3. The topological polar surface area (TPSA) is 89.5 Å². The summed E-state index contributed by atoms with van der Waals surface area (Å²) >= 11 is 0. The van der Waals surface area contributed by atoms with Crippen molar-refractivity contribution in [2.24, 2.45) is 0 Å². The largest absolute Gasteiger partial charge is 0.265 e. The molecule has 0 saturated heterocycles. The molecule has 0 radical (unpaired) electrons. The molecule has 8 heteroatoms. The highest BCUT2D eigenvalue weighted by Gasteiger charge is 2.33. The van der Waals surface area contributed by atoms with Gasteiger partial charge in [0, 0.05) is 0 Å². The Morgan fingerprint density at radius 1 is 0.733 bits per heavy atom. The van der Waals surface area contributed by atoms with Crippen molar-refractivity contribution < 1.29 is 21.0 Å². The van der Waals surface area contributed by atoms with Crippen LogP contribution in [-0.4, -0.2) is 23.1 Å². The zero-order chi connectivity index (χ0) is 21.8. The molecule has 0 aromatic heterocycles. The molecule has 3 aromatic carbocycles. The van der Waals surface area contributed by atoms with Crippen molar-refractivity contribution in [3.8, 4) is 0 Å². The van der Waals surface area contributed by atoms with Gasteiger partial charge in [-0.25, -0.2) is 13.1 Å². The van der Waals surface area contributed by atoms with E-state index in [9.17, 15) is 16.8 Å². The Morgan fingerprint density at radius 2 is 1.23 bits per heavy atom. The molecule has 0 fully saturated rings. The van der Waals surface area contributed by atoms with Crippen molar-refractivity contribution in [2.75, 3.05) is 6.26 Å². The standard InChI is InChI=1S/C22H23NO5S2/c1-17-13-15-20(16-14-17)30(26,27)23-21(18-9-5-3-6-10-18)22(28-29(2,24)25)19-11-7-4-8-12-19/h3-16,21-23H,1-2H3/t21-,22+/m1/s1. The average Bonchev–Trinajstić information content (AvgIpc) is 2.71. The maximum atomic E-state index is 13.1. The molecule has 0 aliphatic rings. The summed E-state index contributed by atoms with van der Waals surface area (Å²) in [6.07, 6.45) is -0.150. The molecule has 0 aliphatic carbocycles. The lowest BCUT2D eigenvalue weighted by Crippen LogP contribution is -2.34. The monoisotopic (exact) mass is 445 g/mol. The summed E-state index contributed by atoms with van der Waals surface area (Å²) in [7, 11) is -7.84. The Hall–Kier alpha value is -2.52. The summed E-state index contributed by atoms with van der Waals surface area (Å²) in [6, 6.07) is 22.9. The Bertz CT molecular complexity index is 1180. The molecule has 0 bridgehead atoms. The fraction of sp³-hybridized carbons (Fsp3) is 0.182. The van der Waals surface area contributed by atoms with E-state index < -0.39 is 32.3 Å². The fourth-order valence-electron chi connectivity index (χ4n) is 3.05. The van der Waals surface area contributed by atoms with Crippen molar-refractivity contribution >= 4 is 20.1 Å². The number of benzene rings is 3. The second kappa shape index (κ2) is 9.09. The lowest BCUT2D eigenvalue weighted by atomic mass is 9.97. The highest BCUT2D eigenvalue weighted by atomic mass is 32.2. The van der Waals surface area contributed by atoms with Crippen LogP contribution in [-0.2, 0) is 24.3 Å². The lowest BCUT2D eigenvalue weighted by Gasteiger charge is -2.28. The van der Waals surface area contributed by atoms with E-state index in [1.165, 1.54) is 12.1 Å². The first-order chi connectivity index (χ1) is 14.2. The molecule has 30 heavy (non-hydrogen) atoms. The number of aryl methyl sites for hydroxylation is 1. The predicted molar refractivity (Wildman–Crippen MR) is 116 cm³/mol. The van der Waals surface area contributed by atoms with Crippen LogP contribution in [0.25, 0.3) is 0 Å². The van der Waals surface area contributed by atoms with Crippen molar-refractivity contribution in [1.29, 1.82) is 0 Å². The van der Waals surface area contributed by atoms with Crippen molar-refractivity contribution in [2.45, 2.75) is 24.0 Å². The Labute approximate surface area is 177 Å². The summed E-state index contributed by atoms with van der Waals surface area (Å²) in [5, 5.41) is 0. The van der Waals surface area contributed by atoms with Crippen LogP contribution in [0.15, 0.2) is 89.8 Å². The SMILES string of the molecule is Cc1ccc(S(=O)(=O)N[C@H](c2ccccc2)[C@@H](OS(C)(=O)=O)c2ccccc2)cc1. The molecule has 3 aromatic rings. The van der Waals surface area contributed by atoms with Crippen molar-refractivity contribution in [3.05, 3.63) is 102 Å². The molecule has 3 rings (SSSR count). The Kier molecular flexibility index (Phi) is 6.72. The van der Waals surface area contributed by atoms with Crippen molar-refractivity contribution in [3.63, 3.8) is 0 Å². The van der Waals surface area contributed by atoms with Gasteiger partial charge in [-0.15, -0.1) is 0 Å². The minimum Gasteiger partial charge on any atom is -0.260 e. The first-order valence-corrected chi connectivity index (χ1v) is 12.5. The fourth-order valence-corrected chi connectivity index (χ4v) is 4.88. The molecule has 1 N–H and O–H groups in total. The normalized spacial score (nSPS) is 14.2. The van der Waals surface area contributed by atoms with Crippen LogP contribution in [0.5, 0.6) is 0 Å². The summed E-state index contributed by atoms with van der Waals surface area (Å²) in [4.78, 5) is 0.0835. The highest BCUT2D eigenvalue weighted by molar-refractivity contribution is 7.89. The number of hydrogen-bond acceptors (Lipinski definition) is 5. The summed E-state index contributed by atoms with van der Waals surface area (Å²) in [6.45, 7) is 1.86. The van der Waals surface area contributed by atoms with Crippen molar-refractivity contribution in [1.82, 2.24) is 4.72 Å². The van der Waals surface area contributed by atoms with Crippen LogP contribution in [0.2, 0.25) is 0 Å². The van der Waals surface area contributed by atoms with E-state index in [0.29, 0.717) is 11.1 Å². The number of sulfonamides is 1. The molecule has 0 heterocycles.